The minimum Gasteiger partial charge on any atom is -0.379 e. The Morgan fingerprint density at radius 1 is 1.12 bits per heavy atom. The summed E-state index contributed by atoms with van der Waals surface area (Å²) in [6.45, 7) is 6.06. The number of fused-ring (bicyclic) bond motifs is 3. The van der Waals surface area contributed by atoms with E-state index >= 15 is 0 Å². The number of morpholine rings is 1. The molecule has 1 atom stereocenters. The number of nitrogens with zero attached hydrogens (tertiary/aromatic N) is 3. The normalized spacial score (nSPS) is 23.6. The smallest absolute Gasteiger partial charge is 0.146 e. The van der Waals surface area contributed by atoms with Crippen molar-refractivity contribution < 1.29 is 9.47 Å². The fraction of sp³-hybridized carbons (Fsp3) is 0.684. The first-order valence-corrected chi connectivity index (χ1v) is 10.7. The van der Waals surface area contributed by atoms with E-state index in [2.05, 4.69) is 10.2 Å². The lowest BCUT2D eigenvalue weighted by Crippen LogP contribution is -2.36. The fourth-order valence-corrected chi connectivity index (χ4v) is 5.49. The number of ether oxygens (including phenoxy) is 2. The molecule has 6 nitrogen and oxygen atoms in total. The van der Waals surface area contributed by atoms with Gasteiger partial charge in [-0.3, -0.25) is 4.90 Å². The van der Waals surface area contributed by atoms with Gasteiger partial charge in [-0.2, -0.15) is 0 Å². The molecule has 26 heavy (non-hydrogen) atoms. The van der Waals surface area contributed by atoms with Crippen LogP contribution in [0.2, 0.25) is 0 Å². The molecule has 2 aromatic rings. The third-order valence-corrected chi connectivity index (χ3v) is 6.79. The van der Waals surface area contributed by atoms with Crippen molar-refractivity contribution in [3.63, 3.8) is 0 Å². The van der Waals surface area contributed by atoms with Crippen molar-refractivity contribution in [1.82, 2.24) is 14.9 Å². The van der Waals surface area contributed by atoms with Crippen molar-refractivity contribution in [2.24, 2.45) is 0 Å². The number of hydrogen-bond donors (Lipinski definition) is 1. The molecular formula is C19H26N4O2S. The first-order chi connectivity index (χ1) is 12.9. The van der Waals surface area contributed by atoms with E-state index in [1.54, 1.807) is 0 Å². The van der Waals surface area contributed by atoms with Crippen LogP contribution in [0.4, 0.5) is 5.82 Å². The minimum atomic E-state index is 0.314. The number of anilines is 1. The van der Waals surface area contributed by atoms with E-state index in [9.17, 15) is 0 Å². The van der Waals surface area contributed by atoms with Gasteiger partial charge in [-0.1, -0.05) is 0 Å². The molecule has 3 aliphatic rings. The van der Waals surface area contributed by atoms with Crippen molar-refractivity contribution in [3.05, 3.63) is 16.3 Å². The van der Waals surface area contributed by atoms with E-state index < -0.39 is 0 Å². The Kier molecular flexibility index (Phi) is 4.79. The van der Waals surface area contributed by atoms with Gasteiger partial charge in [0.1, 0.15) is 16.5 Å². The van der Waals surface area contributed by atoms with Crippen molar-refractivity contribution in [2.45, 2.75) is 44.8 Å². The van der Waals surface area contributed by atoms with Crippen LogP contribution in [-0.4, -0.2) is 60.4 Å². The summed E-state index contributed by atoms with van der Waals surface area (Å²) in [4.78, 5) is 14.9. The molecule has 0 saturated carbocycles. The van der Waals surface area contributed by atoms with E-state index in [1.807, 2.05) is 11.3 Å². The predicted octanol–water partition coefficient (Wildman–Crippen LogP) is 2.60. The highest BCUT2D eigenvalue weighted by Crippen LogP contribution is 2.39. The lowest BCUT2D eigenvalue weighted by Gasteiger charge is -2.26. The molecule has 2 aliphatic heterocycles. The zero-order valence-electron chi connectivity index (χ0n) is 15.1. The number of rotatable bonds is 5. The van der Waals surface area contributed by atoms with Crippen molar-refractivity contribution in [2.75, 3.05) is 44.8 Å². The zero-order valence-corrected chi connectivity index (χ0v) is 15.9. The summed E-state index contributed by atoms with van der Waals surface area (Å²) in [7, 11) is 0. The molecule has 0 spiro atoms. The molecule has 5 rings (SSSR count). The summed E-state index contributed by atoms with van der Waals surface area (Å²) < 4.78 is 11.2. The van der Waals surface area contributed by atoms with Crippen LogP contribution in [0.5, 0.6) is 0 Å². The lowest BCUT2D eigenvalue weighted by atomic mass is 10.2. The van der Waals surface area contributed by atoms with E-state index in [0.717, 1.165) is 75.3 Å². The van der Waals surface area contributed by atoms with Crippen LogP contribution in [0.3, 0.4) is 0 Å². The van der Waals surface area contributed by atoms with Crippen LogP contribution in [0, 0.1) is 0 Å². The largest absolute Gasteiger partial charge is 0.379 e. The van der Waals surface area contributed by atoms with Crippen molar-refractivity contribution in [3.8, 4) is 0 Å². The summed E-state index contributed by atoms with van der Waals surface area (Å²) in [5.41, 5.74) is 1.48. The van der Waals surface area contributed by atoms with Gasteiger partial charge in [0.15, 0.2) is 0 Å². The summed E-state index contributed by atoms with van der Waals surface area (Å²) in [5.74, 6) is 1.95. The summed E-state index contributed by atoms with van der Waals surface area (Å²) >= 11 is 1.87. The Balaban J connectivity index is 1.44. The lowest BCUT2D eigenvalue weighted by molar-refractivity contribution is 0.0331. The molecule has 0 bridgehead atoms. The first kappa shape index (κ1) is 16.9. The van der Waals surface area contributed by atoms with Crippen LogP contribution >= 0.6 is 11.3 Å². The van der Waals surface area contributed by atoms with E-state index in [0.29, 0.717) is 6.10 Å². The number of aryl methyl sites for hydroxylation is 2. The SMILES string of the molecule is C1Cc2sc3nc(CN4CCOCC4)nc(NC[C@@H]4CCCO4)c3c2C1. The van der Waals surface area contributed by atoms with E-state index in [-0.39, 0.29) is 0 Å². The highest BCUT2D eigenvalue weighted by Gasteiger charge is 2.24. The van der Waals surface area contributed by atoms with Gasteiger partial charge >= 0.3 is 0 Å². The summed E-state index contributed by atoms with van der Waals surface area (Å²) in [6.07, 6.45) is 6.24. The number of nitrogens with one attached hydrogen (secondary N) is 1. The van der Waals surface area contributed by atoms with Crippen LogP contribution in [0.25, 0.3) is 10.2 Å². The Hall–Kier alpha value is -1.28. The standard InChI is InChI=1S/C19H26N4O2S/c1-4-14-15(5-1)26-19-17(14)18(20-11-13-3-2-8-25-13)21-16(22-19)12-23-6-9-24-10-7-23/h13H,1-12H2,(H,20,21,22)/t13-/m0/s1. The van der Waals surface area contributed by atoms with Crippen LogP contribution in [0.15, 0.2) is 0 Å². The maximum absolute atomic E-state index is 5.79. The van der Waals surface area contributed by atoms with Crippen LogP contribution < -0.4 is 5.32 Å². The third kappa shape index (κ3) is 3.33. The second-order valence-electron chi connectivity index (χ2n) is 7.43. The van der Waals surface area contributed by atoms with Gasteiger partial charge < -0.3 is 14.8 Å². The van der Waals surface area contributed by atoms with Crippen LogP contribution in [0.1, 0.15) is 35.5 Å². The molecule has 0 amide bonds. The van der Waals surface area contributed by atoms with Gasteiger partial charge in [0.2, 0.25) is 0 Å². The maximum Gasteiger partial charge on any atom is 0.146 e. The average Bonchev–Trinajstić information content (AvgIpc) is 3.37. The number of aromatic nitrogens is 2. The first-order valence-electron chi connectivity index (χ1n) is 9.83. The van der Waals surface area contributed by atoms with Crippen LogP contribution in [-0.2, 0) is 28.9 Å². The van der Waals surface area contributed by atoms with E-state index in [4.69, 9.17) is 19.4 Å². The highest BCUT2D eigenvalue weighted by atomic mass is 32.1. The third-order valence-electron chi connectivity index (χ3n) is 5.60. The molecule has 0 radical (unpaired) electrons. The quantitative estimate of drug-likeness (QED) is 0.868. The molecule has 0 unspecified atom stereocenters. The summed E-state index contributed by atoms with van der Waals surface area (Å²) in [6, 6.07) is 0. The second-order valence-corrected chi connectivity index (χ2v) is 8.51. The summed E-state index contributed by atoms with van der Waals surface area (Å²) in [5, 5.41) is 4.88. The van der Waals surface area contributed by atoms with Gasteiger partial charge in [-0.05, 0) is 37.7 Å². The van der Waals surface area contributed by atoms with Crippen molar-refractivity contribution >= 4 is 27.4 Å². The zero-order chi connectivity index (χ0) is 17.3. The molecule has 2 aromatic heterocycles. The number of hydrogen-bond acceptors (Lipinski definition) is 7. The fourth-order valence-electron chi connectivity index (χ4n) is 4.21. The second kappa shape index (κ2) is 7.38. The molecule has 2 saturated heterocycles. The van der Waals surface area contributed by atoms with Gasteiger partial charge in [0.05, 0.1) is 31.2 Å². The Morgan fingerprint density at radius 3 is 2.88 bits per heavy atom. The predicted molar refractivity (Wildman–Crippen MR) is 103 cm³/mol. The van der Waals surface area contributed by atoms with Gasteiger partial charge in [-0.25, -0.2) is 9.97 Å². The topological polar surface area (TPSA) is 59.5 Å². The molecular weight excluding hydrogens is 348 g/mol. The van der Waals surface area contributed by atoms with Crippen molar-refractivity contribution in [1.29, 1.82) is 0 Å². The van der Waals surface area contributed by atoms with Gasteiger partial charge in [0.25, 0.3) is 0 Å². The minimum absolute atomic E-state index is 0.314. The Morgan fingerprint density at radius 2 is 2.04 bits per heavy atom. The van der Waals surface area contributed by atoms with Gasteiger partial charge in [-0.15, -0.1) is 11.3 Å². The molecule has 140 valence electrons. The Labute approximate surface area is 157 Å². The number of thiophene rings is 1. The highest BCUT2D eigenvalue weighted by molar-refractivity contribution is 7.19. The molecule has 1 N–H and O–H groups in total. The maximum atomic E-state index is 5.79. The molecule has 1 aliphatic carbocycles. The molecule has 7 heteroatoms. The Bertz CT molecular complexity index is 781. The molecule has 2 fully saturated rings. The van der Waals surface area contributed by atoms with Gasteiger partial charge in [0, 0.05) is 31.1 Å². The van der Waals surface area contributed by atoms with E-state index in [1.165, 1.54) is 35.1 Å². The average molecular weight is 375 g/mol. The monoisotopic (exact) mass is 374 g/mol. The molecule has 0 aromatic carbocycles. The molecule has 4 heterocycles.